The van der Waals surface area contributed by atoms with E-state index in [1.165, 1.54) is 5.56 Å². The first-order chi connectivity index (χ1) is 10.9. The number of benzene rings is 1. The van der Waals surface area contributed by atoms with Gasteiger partial charge >= 0.3 is 0 Å². The van der Waals surface area contributed by atoms with E-state index in [4.69, 9.17) is 4.74 Å². The molecule has 134 valence electrons. The van der Waals surface area contributed by atoms with Crippen LogP contribution in [0, 0.1) is 0 Å². The number of carbonyl (C=O) groups excluding carboxylic acids is 1. The second-order valence-electron chi connectivity index (χ2n) is 7.74. The van der Waals surface area contributed by atoms with Crippen LogP contribution in [-0.4, -0.2) is 42.6 Å². The lowest BCUT2D eigenvalue weighted by Gasteiger charge is -2.27. The van der Waals surface area contributed by atoms with Crippen molar-refractivity contribution in [1.29, 1.82) is 0 Å². The normalized spacial score (nSPS) is 23.4. The average Bonchev–Trinajstić information content (AvgIpc) is 2.77. The predicted octanol–water partition coefficient (Wildman–Crippen LogP) is 3.14. The minimum absolute atomic E-state index is 0. The monoisotopic (exact) mass is 352 g/mol. The number of nitrogens with one attached hydrogen (secondary N) is 1. The van der Waals surface area contributed by atoms with E-state index in [1.54, 1.807) is 0 Å². The summed E-state index contributed by atoms with van der Waals surface area (Å²) >= 11 is 0. The zero-order valence-electron chi connectivity index (χ0n) is 14.9. The predicted molar refractivity (Wildman–Crippen MR) is 99.0 cm³/mol. The lowest BCUT2D eigenvalue weighted by atomic mass is 9.87. The van der Waals surface area contributed by atoms with Crippen molar-refractivity contribution in [2.24, 2.45) is 0 Å². The summed E-state index contributed by atoms with van der Waals surface area (Å²) in [5.74, 6) is 0.896. The quantitative estimate of drug-likeness (QED) is 0.908. The number of nitrogens with zero attached hydrogens (tertiary/aromatic N) is 1. The zero-order chi connectivity index (χ0) is 16.4. The molecule has 1 N–H and O–H groups in total. The summed E-state index contributed by atoms with van der Waals surface area (Å²) in [6, 6.07) is 8.84. The second kappa shape index (κ2) is 7.75. The molecule has 5 heteroatoms. The van der Waals surface area contributed by atoms with Crippen molar-refractivity contribution in [3.8, 4) is 5.75 Å². The molecular formula is C19H29ClN2O2. The fraction of sp³-hybridized carbons (Fsp3) is 0.632. The van der Waals surface area contributed by atoms with Crippen LogP contribution in [0.4, 0.5) is 0 Å². The van der Waals surface area contributed by atoms with Gasteiger partial charge in [0, 0.05) is 18.6 Å². The maximum atomic E-state index is 12.6. The first-order valence-electron chi connectivity index (χ1n) is 8.70. The van der Waals surface area contributed by atoms with Crippen molar-refractivity contribution < 1.29 is 9.53 Å². The van der Waals surface area contributed by atoms with E-state index in [2.05, 4.69) is 43.1 Å². The Kier molecular flexibility index (Phi) is 6.16. The highest BCUT2D eigenvalue weighted by molar-refractivity contribution is 5.85. The van der Waals surface area contributed by atoms with Crippen molar-refractivity contribution in [3.63, 3.8) is 0 Å². The minimum atomic E-state index is 0. The SMILES string of the molecule is CC(C)(C)c1ccc(OCC(=O)N2C3CCNCC2CC3)cc1.Cl. The fourth-order valence-electron chi connectivity index (χ4n) is 3.66. The Bertz CT molecular complexity index is 539. The third kappa shape index (κ3) is 4.22. The van der Waals surface area contributed by atoms with Gasteiger partial charge in [0.2, 0.25) is 0 Å². The summed E-state index contributed by atoms with van der Waals surface area (Å²) in [4.78, 5) is 14.7. The van der Waals surface area contributed by atoms with E-state index in [0.29, 0.717) is 12.1 Å². The summed E-state index contributed by atoms with van der Waals surface area (Å²) < 4.78 is 5.74. The molecule has 0 spiro atoms. The van der Waals surface area contributed by atoms with Crippen molar-refractivity contribution >= 4 is 18.3 Å². The highest BCUT2D eigenvalue weighted by Gasteiger charge is 2.37. The van der Waals surface area contributed by atoms with E-state index in [9.17, 15) is 4.79 Å². The highest BCUT2D eigenvalue weighted by Crippen LogP contribution is 2.28. The van der Waals surface area contributed by atoms with Gasteiger partial charge < -0.3 is 15.0 Å². The van der Waals surface area contributed by atoms with Crippen LogP contribution in [0.3, 0.4) is 0 Å². The number of ether oxygens (including phenoxy) is 1. The van der Waals surface area contributed by atoms with Crippen molar-refractivity contribution in [2.45, 2.75) is 57.5 Å². The van der Waals surface area contributed by atoms with Crippen LogP contribution < -0.4 is 10.1 Å². The lowest BCUT2D eigenvalue weighted by Crippen LogP contribution is -2.44. The number of fused-ring (bicyclic) bond motifs is 2. The van der Waals surface area contributed by atoms with Crippen LogP contribution in [0.5, 0.6) is 5.75 Å². The van der Waals surface area contributed by atoms with Gasteiger partial charge in [0.15, 0.2) is 6.61 Å². The van der Waals surface area contributed by atoms with E-state index in [0.717, 1.165) is 38.1 Å². The number of amides is 1. The lowest BCUT2D eigenvalue weighted by molar-refractivity contribution is -0.136. The van der Waals surface area contributed by atoms with Gasteiger partial charge in [-0.15, -0.1) is 12.4 Å². The second-order valence-corrected chi connectivity index (χ2v) is 7.74. The molecule has 2 aliphatic heterocycles. The molecule has 2 fully saturated rings. The number of rotatable bonds is 3. The van der Waals surface area contributed by atoms with Crippen LogP contribution >= 0.6 is 12.4 Å². The number of carbonyl (C=O) groups is 1. The van der Waals surface area contributed by atoms with E-state index in [1.807, 2.05) is 12.1 Å². The number of hydrogen-bond donors (Lipinski definition) is 1. The molecule has 2 heterocycles. The van der Waals surface area contributed by atoms with Gasteiger partial charge in [0.25, 0.3) is 5.91 Å². The molecule has 2 aliphatic rings. The average molecular weight is 353 g/mol. The minimum Gasteiger partial charge on any atom is -0.484 e. The third-order valence-electron chi connectivity index (χ3n) is 5.02. The Balaban J connectivity index is 0.00000208. The molecule has 2 saturated heterocycles. The van der Waals surface area contributed by atoms with Crippen LogP contribution in [0.15, 0.2) is 24.3 Å². The zero-order valence-corrected chi connectivity index (χ0v) is 15.7. The molecule has 1 aromatic carbocycles. The van der Waals surface area contributed by atoms with E-state index >= 15 is 0 Å². The van der Waals surface area contributed by atoms with E-state index < -0.39 is 0 Å². The standard InChI is InChI=1S/C19H28N2O2.ClH/c1-19(2,3)14-4-8-17(9-5-14)23-13-18(22)21-15-6-7-16(21)12-20-11-10-15;/h4-5,8-9,15-16,20H,6-7,10-13H2,1-3H3;1H. The molecule has 0 aromatic heterocycles. The molecule has 3 rings (SSSR count). The third-order valence-corrected chi connectivity index (χ3v) is 5.02. The Morgan fingerprint density at radius 1 is 1.17 bits per heavy atom. The Morgan fingerprint density at radius 2 is 1.83 bits per heavy atom. The fourth-order valence-corrected chi connectivity index (χ4v) is 3.66. The molecule has 0 saturated carbocycles. The van der Waals surface area contributed by atoms with Crippen molar-refractivity contribution in [2.75, 3.05) is 19.7 Å². The largest absolute Gasteiger partial charge is 0.484 e. The Labute approximate surface area is 151 Å². The van der Waals surface area contributed by atoms with Crippen LogP contribution in [0.2, 0.25) is 0 Å². The summed E-state index contributed by atoms with van der Waals surface area (Å²) in [7, 11) is 0. The molecule has 2 unspecified atom stereocenters. The molecule has 24 heavy (non-hydrogen) atoms. The maximum Gasteiger partial charge on any atom is 0.261 e. The molecule has 0 radical (unpaired) electrons. The van der Waals surface area contributed by atoms with Gasteiger partial charge in [-0.2, -0.15) is 0 Å². The smallest absolute Gasteiger partial charge is 0.261 e. The number of halogens is 1. The van der Waals surface area contributed by atoms with Gasteiger partial charge in [-0.25, -0.2) is 0 Å². The topological polar surface area (TPSA) is 41.6 Å². The Hall–Kier alpha value is -1.26. The molecule has 2 bridgehead atoms. The van der Waals surface area contributed by atoms with Crippen LogP contribution in [0.25, 0.3) is 0 Å². The first-order valence-corrected chi connectivity index (χ1v) is 8.70. The van der Waals surface area contributed by atoms with E-state index in [-0.39, 0.29) is 30.3 Å². The Morgan fingerprint density at radius 3 is 2.50 bits per heavy atom. The summed E-state index contributed by atoms with van der Waals surface area (Å²) in [6.07, 6.45) is 3.31. The summed E-state index contributed by atoms with van der Waals surface area (Å²) in [5.41, 5.74) is 1.40. The van der Waals surface area contributed by atoms with Gasteiger partial charge in [-0.1, -0.05) is 32.9 Å². The van der Waals surface area contributed by atoms with Gasteiger partial charge in [0.1, 0.15) is 5.75 Å². The van der Waals surface area contributed by atoms with Crippen molar-refractivity contribution in [3.05, 3.63) is 29.8 Å². The summed E-state index contributed by atoms with van der Waals surface area (Å²) in [6.45, 7) is 8.64. The molecule has 2 atom stereocenters. The first kappa shape index (κ1) is 19.1. The van der Waals surface area contributed by atoms with Gasteiger partial charge in [-0.3, -0.25) is 4.79 Å². The molecule has 1 aromatic rings. The van der Waals surface area contributed by atoms with Crippen molar-refractivity contribution in [1.82, 2.24) is 10.2 Å². The van der Waals surface area contributed by atoms with Gasteiger partial charge in [-0.05, 0) is 48.9 Å². The van der Waals surface area contributed by atoms with Gasteiger partial charge in [0.05, 0.1) is 0 Å². The highest BCUT2D eigenvalue weighted by atomic mass is 35.5. The van der Waals surface area contributed by atoms with Crippen LogP contribution in [0.1, 0.15) is 45.6 Å². The molecule has 1 amide bonds. The summed E-state index contributed by atoms with van der Waals surface area (Å²) in [5, 5.41) is 3.42. The molecule has 4 nitrogen and oxygen atoms in total. The maximum absolute atomic E-state index is 12.6. The molecular weight excluding hydrogens is 324 g/mol. The number of hydrogen-bond acceptors (Lipinski definition) is 3. The van der Waals surface area contributed by atoms with Crippen LogP contribution in [-0.2, 0) is 10.2 Å². The molecule has 0 aliphatic carbocycles.